The summed E-state index contributed by atoms with van der Waals surface area (Å²) in [6.07, 6.45) is 5.77. The molecule has 4 heteroatoms. The van der Waals surface area contributed by atoms with Crippen molar-refractivity contribution in [3.8, 4) is 0 Å². The predicted molar refractivity (Wildman–Crippen MR) is 63.3 cm³/mol. The minimum atomic E-state index is -0.584. The molecule has 2 aliphatic carbocycles. The number of fused-ring (bicyclic) bond motifs is 2. The van der Waals surface area contributed by atoms with Gasteiger partial charge >= 0.3 is 0 Å². The van der Waals surface area contributed by atoms with E-state index in [1.165, 1.54) is 0 Å². The molecule has 4 nitrogen and oxygen atoms in total. The van der Waals surface area contributed by atoms with Gasteiger partial charge in [0.15, 0.2) is 5.79 Å². The second-order valence-electron chi connectivity index (χ2n) is 4.92. The van der Waals surface area contributed by atoms with Crippen LogP contribution in [-0.2, 0) is 9.47 Å². The van der Waals surface area contributed by atoms with Crippen molar-refractivity contribution in [2.75, 3.05) is 27.4 Å². The van der Waals surface area contributed by atoms with Gasteiger partial charge < -0.3 is 19.7 Å². The van der Waals surface area contributed by atoms with E-state index < -0.39 is 5.79 Å². The van der Waals surface area contributed by atoms with Gasteiger partial charge in [0.1, 0.15) is 0 Å². The lowest BCUT2D eigenvalue weighted by Crippen LogP contribution is -2.40. The van der Waals surface area contributed by atoms with Gasteiger partial charge in [-0.2, -0.15) is 0 Å². The van der Waals surface area contributed by atoms with Crippen molar-refractivity contribution < 1.29 is 19.7 Å². The van der Waals surface area contributed by atoms with Gasteiger partial charge in [0, 0.05) is 39.3 Å². The van der Waals surface area contributed by atoms with E-state index in [0.29, 0.717) is 11.8 Å². The number of hydrogen-bond acceptors (Lipinski definition) is 4. The van der Waals surface area contributed by atoms with E-state index in [1.54, 1.807) is 14.2 Å². The Labute approximate surface area is 102 Å². The van der Waals surface area contributed by atoms with E-state index >= 15 is 0 Å². The fourth-order valence-corrected chi connectivity index (χ4v) is 3.86. The summed E-state index contributed by atoms with van der Waals surface area (Å²) >= 11 is 0. The average molecular weight is 242 g/mol. The standard InChI is InChI=1S/C13H22O4/c1-16-13(17-2)11-3-4-12(13)10(6-8-15)9(11)5-7-14/h3-4,9-12,14-15H,5-8H2,1-2H3/t9-,10-,11-,12+/m1/s1. The molecule has 1 saturated carbocycles. The summed E-state index contributed by atoms with van der Waals surface area (Å²) in [7, 11) is 3.35. The Hall–Kier alpha value is -0.420. The molecule has 98 valence electrons. The number of hydrogen-bond donors (Lipinski definition) is 2. The number of rotatable bonds is 6. The molecule has 4 atom stereocenters. The van der Waals surface area contributed by atoms with Gasteiger partial charge in [0.25, 0.3) is 0 Å². The van der Waals surface area contributed by atoms with E-state index in [4.69, 9.17) is 9.47 Å². The zero-order valence-electron chi connectivity index (χ0n) is 10.5. The molecule has 1 fully saturated rings. The van der Waals surface area contributed by atoms with E-state index in [-0.39, 0.29) is 25.0 Å². The van der Waals surface area contributed by atoms with Crippen LogP contribution in [0, 0.1) is 23.7 Å². The monoisotopic (exact) mass is 242 g/mol. The highest BCUT2D eigenvalue weighted by molar-refractivity contribution is 5.22. The molecule has 0 saturated heterocycles. The lowest BCUT2D eigenvalue weighted by atomic mass is 9.79. The topological polar surface area (TPSA) is 58.9 Å². The third-order valence-corrected chi connectivity index (χ3v) is 4.49. The Bertz CT molecular complexity index is 261. The van der Waals surface area contributed by atoms with Gasteiger partial charge in [0.05, 0.1) is 0 Å². The molecule has 17 heavy (non-hydrogen) atoms. The summed E-state index contributed by atoms with van der Waals surface area (Å²) < 4.78 is 11.3. The maximum atomic E-state index is 9.19. The van der Waals surface area contributed by atoms with Crippen molar-refractivity contribution in [3.05, 3.63) is 12.2 Å². The first-order valence-electron chi connectivity index (χ1n) is 6.25. The molecule has 2 aliphatic rings. The van der Waals surface area contributed by atoms with Crippen LogP contribution in [0.25, 0.3) is 0 Å². The molecule has 0 unspecified atom stereocenters. The zero-order valence-corrected chi connectivity index (χ0v) is 10.5. The molecule has 0 radical (unpaired) electrons. The van der Waals surface area contributed by atoms with Crippen LogP contribution in [0.15, 0.2) is 12.2 Å². The third kappa shape index (κ3) is 1.74. The number of aliphatic hydroxyl groups excluding tert-OH is 2. The van der Waals surface area contributed by atoms with Gasteiger partial charge in [-0.05, 0) is 24.7 Å². The highest BCUT2D eigenvalue weighted by Gasteiger charge is 2.61. The van der Waals surface area contributed by atoms with Crippen LogP contribution >= 0.6 is 0 Å². The molecule has 0 heterocycles. The van der Waals surface area contributed by atoms with Crippen LogP contribution in [0.2, 0.25) is 0 Å². The number of ether oxygens (including phenoxy) is 2. The minimum Gasteiger partial charge on any atom is -0.396 e. The quantitative estimate of drug-likeness (QED) is 0.534. The highest BCUT2D eigenvalue weighted by atomic mass is 16.7. The van der Waals surface area contributed by atoms with Crippen LogP contribution in [0.3, 0.4) is 0 Å². The van der Waals surface area contributed by atoms with Gasteiger partial charge in [0.2, 0.25) is 0 Å². The normalized spacial score (nSPS) is 37.9. The smallest absolute Gasteiger partial charge is 0.180 e. The average Bonchev–Trinajstić information content (AvgIpc) is 2.82. The van der Waals surface area contributed by atoms with Crippen LogP contribution in [0.4, 0.5) is 0 Å². The Morgan fingerprint density at radius 1 is 0.941 bits per heavy atom. The first kappa shape index (κ1) is 13.0. The van der Waals surface area contributed by atoms with Gasteiger partial charge in [-0.1, -0.05) is 12.2 Å². The first-order chi connectivity index (χ1) is 8.25. The Morgan fingerprint density at radius 2 is 1.35 bits per heavy atom. The van der Waals surface area contributed by atoms with Gasteiger partial charge in [-0.25, -0.2) is 0 Å². The number of aliphatic hydroxyl groups is 2. The van der Waals surface area contributed by atoms with Crippen molar-refractivity contribution in [1.29, 1.82) is 0 Å². The van der Waals surface area contributed by atoms with Crippen molar-refractivity contribution in [2.45, 2.75) is 18.6 Å². The molecule has 0 spiro atoms. The maximum absolute atomic E-state index is 9.19. The summed E-state index contributed by atoms with van der Waals surface area (Å²) in [4.78, 5) is 0. The van der Waals surface area contributed by atoms with E-state index in [2.05, 4.69) is 12.2 Å². The van der Waals surface area contributed by atoms with Crippen LogP contribution < -0.4 is 0 Å². The van der Waals surface area contributed by atoms with Crippen molar-refractivity contribution >= 4 is 0 Å². The second kappa shape index (κ2) is 5.06. The molecular weight excluding hydrogens is 220 g/mol. The summed E-state index contributed by atoms with van der Waals surface area (Å²) in [6, 6.07) is 0. The second-order valence-corrected chi connectivity index (χ2v) is 4.92. The molecule has 0 aromatic heterocycles. The molecule has 0 amide bonds. The first-order valence-corrected chi connectivity index (χ1v) is 6.25. The Balaban J connectivity index is 2.26. The van der Waals surface area contributed by atoms with Crippen LogP contribution in [0.1, 0.15) is 12.8 Å². The summed E-state index contributed by atoms with van der Waals surface area (Å²) in [5, 5.41) is 18.4. The lowest BCUT2D eigenvalue weighted by Gasteiger charge is -2.32. The fourth-order valence-electron chi connectivity index (χ4n) is 3.86. The lowest BCUT2D eigenvalue weighted by molar-refractivity contribution is -0.234. The van der Waals surface area contributed by atoms with Gasteiger partial charge in [-0.3, -0.25) is 0 Å². The summed E-state index contributed by atoms with van der Waals surface area (Å²) in [5.41, 5.74) is 0. The molecule has 2 rings (SSSR count). The van der Waals surface area contributed by atoms with Crippen molar-refractivity contribution in [3.63, 3.8) is 0 Å². The largest absolute Gasteiger partial charge is 0.396 e. The molecule has 2 N–H and O–H groups in total. The van der Waals surface area contributed by atoms with E-state index in [0.717, 1.165) is 12.8 Å². The summed E-state index contributed by atoms with van der Waals surface area (Å²) in [5.74, 6) is 0.459. The van der Waals surface area contributed by atoms with Gasteiger partial charge in [-0.15, -0.1) is 0 Å². The molecular formula is C13H22O4. The summed E-state index contributed by atoms with van der Waals surface area (Å²) in [6.45, 7) is 0.348. The Morgan fingerprint density at radius 3 is 1.65 bits per heavy atom. The van der Waals surface area contributed by atoms with Crippen LogP contribution in [-0.4, -0.2) is 43.4 Å². The van der Waals surface area contributed by atoms with E-state index in [1.807, 2.05) is 0 Å². The SMILES string of the molecule is COC1(OC)[C@@H]2C=C[C@H]1[C@H](CCO)[C@H]2CCO. The molecule has 2 bridgehead atoms. The van der Waals surface area contributed by atoms with E-state index in [9.17, 15) is 10.2 Å². The van der Waals surface area contributed by atoms with Crippen molar-refractivity contribution in [1.82, 2.24) is 0 Å². The predicted octanol–water partition coefficient (Wildman–Crippen LogP) is 0.788. The zero-order chi connectivity index (χ0) is 12.5. The van der Waals surface area contributed by atoms with Crippen molar-refractivity contribution in [2.24, 2.45) is 23.7 Å². The maximum Gasteiger partial charge on any atom is 0.180 e. The molecule has 0 aromatic rings. The fraction of sp³-hybridized carbons (Fsp3) is 0.846. The highest BCUT2D eigenvalue weighted by Crippen LogP contribution is 2.58. The molecule has 0 aromatic carbocycles. The van der Waals surface area contributed by atoms with Crippen LogP contribution in [0.5, 0.6) is 0 Å². The minimum absolute atomic E-state index is 0.174. The third-order valence-electron chi connectivity index (χ3n) is 4.49. The molecule has 0 aliphatic heterocycles. The number of methoxy groups -OCH3 is 2. The Kier molecular flexibility index (Phi) is 3.88.